The van der Waals surface area contributed by atoms with Gasteiger partial charge in [0.15, 0.2) is 0 Å². The molecule has 1 heterocycles. The predicted molar refractivity (Wildman–Crippen MR) is 164 cm³/mol. The van der Waals surface area contributed by atoms with E-state index in [9.17, 15) is 34.6 Å². The van der Waals surface area contributed by atoms with Crippen LogP contribution in [-0.2, 0) is 19.1 Å². The lowest BCUT2D eigenvalue weighted by Gasteiger charge is -2.36. The van der Waals surface area contributed by atoms with Crippen molar-refractivity contribution in [1.82, 2.24) is 9.88 Å². The summed E-state index contributed by atoms with van der Waals surface area (Å²) in [5, 5.41) is 25.9. The summed E-state index contributed by atoms with van der Waals surface area (Å²) in [5.74, 6) is -1.57. The van der Waals surface area contributed by atoms with Crippen LogP contribution in [0.3, 0.4) is 0 Å². The highest BCUT2D eigenvalue weighted by Gasteiger charge is 2.39. The number of ether oxygens (including phenoxy) is 1. The molecule has 226 valence electrons. The molecule has 0 aliphatic heterocycles. The third-order valence-electron chi connectivity index (χ3n) is 6.77. The van der Waals surface area contributed by atoms with Gasteiger partial charge in [-0.25, -0.2) is 0 Å². The lowest BCUT2D eigenvalue weighted by Crippen LogP contribution is -2.39. The van der Waals surface area contributed by atoms with E-state index in [1.807, 2.05) is 91.0 Å². The van der Waals surface area contributed by atoms with Gasteiger partial charge in [0.1, 0.15) is 12.6 Å². The Morgan fingerprint density at radius 3 is 1.66 bits per heavy atom. The number of benzene rings is 3. The van der Waals surface area contributed by atoms with Crippen molar-refractivity contribution >= 4 is 35.0 Å². The largest absolute Gasteiger partial charge is 0.465 e. The van der Waals surface area contributed by atoms with E-state index in [2.05, 4.69) is 5.32 Å². The van der Waals surface area contributed by atoms with Gasteiger partial charge >= 0.3 is 22.8 Å². The van der Waals surface area contributed by atoms with Crippen LogP contribution in [0.2, 0.25) is 0 Å². The summed E-state index contributed by atoms with van der Waals surface area (Å²) >= 11 is 1.32. The Morgan fingerprint density at radius 1 is 0.841 bits per heavy atom. The molecule has 44 heavy (non-hydrogen) atoms. The molecule has 0 bridgehead atoms. The molecule has 1 N–H and O–H groups in total. The van der Waals surface area contributed by atoms with Crippen LogP contribution >= 0.6 is 11.8 Å². The van der Waals surface area contributed by atoms with E-state index in [0.717, 1.165) is 33.7 Å². The number of hydrogen-bond acceptors (Lipinski definition) is 9. The fourth-order valence-electron chi connectivity index (χ4n) is 4.77. The average molecular weight is 617 g/mol. The Bertz CT molecular complexity index is 1560. The summed E-state index contributed by atoms with van der Waals surface area (Å²) in [6, 6.07) is 27.2. The van der Waals surface area contributed by atoms with Gasteiger partial charge in [0.05, 0.1) is 33.6 Å². The summed E-state index contributed by atoms with van der Waals surface area (Å²) in [6.45, 7) is 1.19. The van der Waals surface area contributed by atoms with Crippen molar-refractivity contribution in [2.75, 3.05) is 18.9 Å². The second kappa shape index (κ2) is 14.2. The van der Waals surface area contributed by atoms with E-state index in [0.29, 0.717) is 0 Å². The highest BCUT2D eigenvalue weighted by Crippen LogP contribution is 2.49. The van der Waals surface area contributed by atoms with Gasteiger partial charge in [0, 0.05) is 5.75 Å². The number of rotatable bonds is 13. The van der Waals surface area contributed by atoms with E-state index in [1.54, 1.807) is 6.92 Å². The fraction of sp³-hybridized carbons (Fsp3) is 0.194. The number of esters is 1. The van der Waals surface area contributed by atoms with E-state index >= 15 is 0 Å². The number of aromatic nitrogens is 1. The van der Waals surface area contributed by atoms with Crippen molar-refractivity contribution in [3.8, 4) is 0 Å². The lowest BCUT2D eigenvalue weighted by atomic mass is 9.84. The highest BCUT2D eigenvalue weighted by molar-refractivity contribution is 8.00. The minimum absolute atomic E-state index is 0.0832. The molecule has 0 spiro atoms. The fourth-order valence-corrected chi connectivity index (χ4v) is 6.41. The van der Waals surface area contributed by atoms with Gasteiger partial charge in [-0.3, -0.25) is 34.6 Å². The van der Waals surface area contributed by atoms with Crippen LogP contribution in [-0.4, -0.2) is 45.2 Å². The Balaban J connectivity index is 1.89. The van der Waals surface area contributed by atoms with Crippen LogP contribution in [0.15, 0.2) is 108 Å². The van der Waals surface area contributed by atoms with Crippen molar-refractivity contribution in [3.63, 3.8) is 0 Å². The minimum atomic E-state index is -1.39. The zero-order chi connectivity index (χ0) is 31.7. The molecule has 12 nitrogen and oxygen atoms in total. The van der Waals surface area contributed by atoms with Crippen LogP contribution in [0.5, 0.6) is 0 Å². The number of nitrogens with one attached hydrogen (secondary N) is 1. The number of nitro groups is 2. The molecule has 4 rings (SSSR count). The number of thioether (sulfide) groups is 1. The van der Waals surface area contributed by atoms with Gasteiger partial charge in [-0.05, 0) is 23.6 Å². The molecule has 0 fully saturated rings. The Hall–Kier alpha value is -5.30. The standard InChI is InChI=1S/C31H28N4O8S/c1-2-43-28(36)18-32-30(38)27(33-19-25(34(39)40)29(37)26(20-33)35(41)42)21-44-31(22-12-6-3-7-13-22,23-14-8-4-9-15-23)24-16-10-5-11-17-24/h3-17,19-20,27H,2,18,21H2,1H3,(H,32,38)/t27-/m1/s1. The molecule has 1 atom stereocenters. The van der Waals surface area contributed by atoms with Crippen molar-refractivity contribution in [2.24, 2.45) is 0 Å². The maximum atomic E-state index is 13.7. The second-order valence-electron chi connectivity index (χ2n) is 9.45. The second-order valence-corrected chi connectivity index (χ2v) is 10.7. The third kappa shape index (κ3) is 6.84. The molecule has 1 aromatic heterocycles. The van der Waals surface area contributed by atoms with E-state index in [4.69, 9.17) is 4.74 Å². The molecular weight excluding hydrogens is 588 g/mol. The first-order valence-electron chi connectivity index (χ1n) is 13.5. The van der Waals surface area contributed by atoms with Gasteiger partial charge in [0.2, 0.25) is 5.91 Å². The number of hydrogen-bond donors (Lipinski definition) is 1. The van der Waals surface area contributed by atoms with Crippen LogP contribution in [0.4, 0.5) is 11.4 Å². The summed E-state index contributed by atoms with van der Waals surface area (Å²) in [6.07, 6.45) is 1.61. The molecule has 0 aliphatic carbocycles. The maximum absolute atomic E-state index is 13.7. The number of pyridine rings is 1. The number of carbonyl (C=O) groups is 2. The SMILES string of the molecule is CCOC(=O)CNC(=O)[C@@H](CSC(c1ccccc1)(c1ccccc1)c1ccccc1)n1cc([N+](=O)[O-])c(=O)c([N+](=O)[O-])c1. The molecule has 4 aromatic rings. The van der Waals surface area contributed by atoms with Crippen molar-refractivity contribution in [2.45, 2.75) is 17.7 Å². The van der Waals surface area contributed by atoms with Gasteiger partial charge in [-0.1, -0.05) is 91.0 Å². The minimum Gasteiger partial charge on any atom is -0.465 e. The molecule has 0 radical (unpaired) electrons. The number of nitrogens with zero attached hydrogens (tertiary/aromatic N) is 3. The molecule has 0 saturated carbocycles. The number of amides is 1. The van der Waals surface area contributed by atoms with Gasteiger partial charge in [-0.2, -0.15) is 0 Å². The molecular formula is C31H28N4O8S. The van der Waals surface area contributed by atoms with Crippen molar-refractivity contribution in [3.05, 3.63) is 151 Å². The molecule has 0 unspecified atom stereocenters. The predicted octanol–water partition coefficient (Wildman–Crippen LogP) is 4.61. The van der Waals surface area contributed by atoms with Gasteiger partial charge in [0.25, 0.3) is 0 Å². The van der Waals surface area contributed by atoms with Crippen LogP contribution in [0.25, 0.3) is 0 Å². The molecule has 0 saturated heterocycles. The van der Waals surface area contributed by atoms with E-state index in [1.165, 1.54) is 11.8 Å². The summed E-state index contributed by atoms with van der Waals surface area (Å²) in [5.41, 5.74) is -0.915. The molecule has 13 heteroatoms. The zero-order valence-corrected chi connectivity index (χ0v) is 24.3. The van der Waals surface area contributed by atoms with Crippen LogP contribution in [0.1, 0.15) is 29.7 Å². The van der Waals surface area contributed by atoms with E-state index < -0.39 is 55.9 Å². The average Bonchev–Trinajstić information content (AvgIpc) is 3.03. The number of carbonyl (C=O) groups excluding carboxylic acids is 2. The van der Waals surface area contributed by atoms with Crippen molar-refractivity contribution in [1.29, 1.82) is 0 Å². The Labute approximate surface area is 256 Å². The molecule has 3 aromatic carbocycles. The molecule has 1 amide bonds. The quantitative estimate of drug-likeness (QED) is 0.0978. The topological polar surface area (TPSA) is 164 Å². The summed E-state index contributed by atoms with van der Waals surface area (Å²) < 4.78 is 4.96. The van der Waals surface area contributed by atoms with Gasteiger partial charge < -0.3 is 14.6 Å². The highest BCUT2D eigenvalue weighted by atomic mass is 32.2. The first-order valence-corrected chi connectivity index (χ1v) is 14.5. The van der Waals surface area contributed by atoms with Crippen molar-refractivity contribution < 1.29 is 24.2 Å². The smallest absolute Gasteiger partial charge is 0.339 e. The first-order chi connectivity index (χ1) is 21.2. The Kier molecular flexibility index (Phi) is 10.2. The zero-order valence-electron chi connectivity index (χ0n) is 23.5. The summed E-state index contributed by atoms with van der Waals surface area (Å²) in [4.78, 5) is 59.5. The summed E-state index contributed by atoms with van der Waals surface area (Å²) in [7, 11) is 0. The lowest BCUT2D eigenvalue weighted by molar-refractivity contribution is -0.397. The molecule has 0 aliphatic rings. The third-order valence-corrected chi connectivity index (χ3v) is 8.40. The van der Waals surface area contributed by atoms with Crippen LogP contribution < -0.4 is 10.7 Å². The van der Waals surface area contributed by atoms with Crippen LogP contribution in [0, 0.1) is 20.2 Å². The Morgan fingerprint density at radius 2 is 1.27 bits per heavy atom. The normalized spacial score (nSPS) is 11.8. The van der Waals surface area contributed by atoms with E-state index in [-0.39, 0.29) is 12.4 Å². The monoisotopic (exact) mass is 616 g/mol. The first kappa shape index (κ1) is 31.6. The van der Waals surface area contributed by atoms with Gasteiger partial charge in [-0.15, -0.1) is 11.8 Å². The maximum Gasteiger partial charge on any atom is 0.339 e.